The number of aliphatic hydroxyl groups excluding tert-OH is 1. The Balaban J connectivity index is 1.23. The maximum atomic E-state index is 14.5. The molecule has 2 aliphatic rings. The van der Waals surface area contributed by atoms with Crippen molar-refractivity contribution in [1.82, 2.24) is 24.4 Å². The molecule has 13 heteroatoms. The lowest BCUT2D eigenvalue weighted by Gasteiger charge is -2.35. The Kier molecular flexibility index (Phi) is 13.3. The lowest BCUT2D eigenvalue weighted by atomic mass is 9.95. The summed E-state index contributed by atoms with van der Waals surface area (Å²) in [5, 5.41) is 19.0. The molecule has 4 aromatic rings. The Morgan fingerprint density at radius 2 is 1.71 bits per heavy atom. The van der Waals surface area contributed by atoms with Crippen molar-refractivity contribution in [2.75, 3.05) is 26.2 Å². The van der Waals surface area contributed by atoms with Gasteiger partial charge in [0.05, 0.1) is 22.6 Å². The van der Waals surface area contributed by atoms with Crippen LogP contribution in [0.5, 0.6) is 0 Å². The molecule has 12 nitrogen and oxygen atoms in total. The molecule has 55 heavy (non-hydrogen) atoms. The van der Waals surface area contributed by atoms with Gasteiger partial charge >= 0.3 is 6.03 Å². The molecule has 292 valence electrons. The van der Waals surface area contributed by atoms with Crippen LogP contribution in [0.2, 0.25) is 0 Å². The first-order chi connectivity index (χ1) is 26.6. The molecule has 0 bridgehead atoms. The molecule has 2 fully saturated rings. The predicted octanol–water partition coefficient (Wildman–Crippen LogP) is 6.12. The Morgan fingerprint density at radius 3 is 2.42 bits per heavy atom. The first-order valence-corrected chi connectivity index (χ1v) is 20.8. The van der Waals surface area contributed by atoms with Crippen LogP contribution in [-0.2, 0) is 34.3 Å². The van der Waals surface area contributed by atoms with E-state index in [0.29, 0.717) is 31.6 Å². The number of hydrogen-bond donors (Lipinski definition) is 2. The number of rotatable bonds is 18. The van der Waals surface area contributed by atoms with Crippen LogP contribution in [0.3, 0.4) is 0 Å². The van der Waals surface area contributed by atoms with Crippen molar-refractivity contribution in [1.29, 1.82) is 0 Å². The topological polar surface area (TPSA) is 153 Å². The summed E-state index contributed by atoms with van der Waals surface area (Å²) in [7, 11) is -4.06. The standard InChI is InChI=1S/C42H52N6O6S/c1-3-30(2)40(48-23-22-46(42(48)51)27-34-17-20-37-35(24-34)14-9-21-43-37)41(50)45-38(25-31-10-5-4-6-11-31)39(49)29-47(28-33-12-7-8-13-33)55(53,54)36-18-15-32(16-19-36)26-44-52/h4-6,9-11,14-21,24,30,33,38-40,49H,3,7-8,12-13,22-23,25-29H2,1-2H3,(H,45,50)/t30-,38-,39+,40-/m0/s1. The number of pyridine rings is 1. The van der Waals surface area contributed by atoms with Crippen LogP contribution in [-0.4, -0.2) is 88.9 Å². The van der Waals surface area contributed by atoms with Crippen molar-refractivity contribution in [3.05, 3.63) is 113 Å². The van der Waals surface area contributed by atoms with Gasteiger partial charge in [-0.2, -0.15) is 9.21 Å². The molecular formula is C42H52N6O6S. The minimum absolute atomic E-state index is 0.0604. The highest BCUT2D eigenvalue weighted by Crippen LogP contribution is 2.29. The van der Waals surface area contributed by atoms with Gasteiger partial charge in [-0.3, -0.25) is 9.78 Å². The average Bonchev–Trinajstić information content (AvgIpc) is 3.84. The average molecular weight is 769 g/mol. The normalized spacial score (nSPS) is 17.4. The fourth-order valence-electron chi connectivity index (χ4n) is 7.88. The van der Waals surface area contributed by atoms with E-state index in [1.54, 1.807) is 28.1 Å². The van der Waals surface area contributed by atoms with Crippen LogP contribution in [0, 0.1) is 16.7 Å². The number of nitrogens with zero attached hydrogens (tertiary/aromatic N) is 5. The highest BCUT2D eigenvalue weighted by Gasteiger charge is 2.41. The second-order valence-electron chi connectivity index (χ2n) is 15.0. The smallest absolute Gasteiger partial charge is 0.321 e. The Morgan fingerprint density at radius 1 is 0.982 bits per heavy atom. The zero-order valence-electron chi connectivity index (χ0n) is 31.7. The fraction of sp³-hybridized carbons (Fsp3) is 0.452. The summed E-state index contributed by atoms with van der Waals surface area (Å²) in [5.74, 6) is -0.430. The zero-order valence-corrected chi connectivity index (χ0v) is 32.5. The van der Waals surface area contributed by atoms with E-state index in [1.807, 2.05) is 74.5 Å². The third kappa shape index (κ3) is 9.75. The van der Waals surface area contributed by atoms with E-state index in [-0.39, 0.29) is 54.7 Å². The third-order valence-electron chi connectivity index (χ3n) is 11.2. The number of urea groups is 1. The molecule has 3 amide bonds. The fourth-order valence-corrected chi connectivity index (χ4v) is 9.41. The molecule has 0 unspecified atom stereocenters. The molecule has 0 spiro atoms. The predicted molar refractivity (Wildman–Crippen MR) is 212 cm³/mol. The first-order valence-electron chi connectivity index (χ1n) is 19.4. The van der Waals surface area contributed by atoms with Crippen molar-refractivity contribution in [2.45, 2.75) is 88.5 Å². The summed E-state index contributed by atoms with van der Waals surface area (Å²) in [6, 6.07) is 23.5. The van der Waals surface area contributed by atoms with Gasteiger partial charge in [-0.25, -0.2) is 13.2 Å². The molecule has 1 saturated carbocycles. The van der Waals surface area contributed by atoms with Gasteiger partial charge in [0.2, 0.25) is 15.9 Å². The van der Waals surface area contributed by atoms with Crippen LogP contribution in [0.1, 0.15) is 62.6 Å². The minimum Gasteiger partial charge on any atom is -0.390 e. The van der Waals surface area contributed by atoms with E-state index in [1.165, 1.54) is 16.4 Å². The minimum atomic E-state index is -4.06. The lowest BCUT2D eigenvalue weighted by molar-refractivity contribution is -0.128. The van der Waals surface area contributed by atoms with E-state index in [4.69, 9.17) is 0 Å². The quantitative estimate of drug-likeness (QED) is 0.116. The largest absolute Gasteiger partial charge is 0.390 e. The van der Waals surface area contributed by atoms with Gasteiger partial charge in [-0.1, -0.05) is 92.9 Å². The molecular weight excluding hydrogens is 717 g/mol. The van der Waals surface area contributed by atoms with Crippen LogP contribution in [0.25, 0.3) is 10.9 Å². The number of carbonyl (C=O) groups is 2. The van der Waals surface area contributed by atoms with E-state index < -0.39 is 28.2 Å². The maximum Gasteiger partial charge on any atom is 0.321 e. The van der Waals surface area contributed by atoms with E-state index >= 15 is 0 Å². The summed E-state index contributed by atoms with van der Waals surface area (Å²) in [6.45, 7) is 5.10. The third-order valence-corrected chi connectivity index (χ3v) is 13.0. The Bertz CT molecular complexity index is 2030. The van der Waals surface area contributed by atoms with Gasteiger partial charge < -0.3 is 20.2 Å². The lowest BCUT2D eigenvalue weighted by Crippen LogP contribution is -2.57. The van der Waals surface area contributed by atoms with Crippen molar-refractivity contribution in [3.63, 3.8) is 0 Å². The van der Waals surface area contributed by atoms with E-state index in [2.05, 4.69) is 15.5 Å². The second kappa shape index (κ2) is 18.3. The van der Waals surface area contributed by atoms with Gasteiger partial charge in [-0.15, -0.1) is 0 Å². The van der Waals surface area contributed by atoms with Crippen LogP contribution < -0.4 is 5.32 Å². The molecule has 1 aliphatic carbocycles. The Hall–Kier alpha value is -4.72. The molecule has 3 aromatic carbocycles. The summed E-state index contributed by atoms with van der Waals surface area (Å²) in [6.07, 6.45) is 5.19. The molecule has 0 radical (unpaired) electrons. The van der Waals surface area contributed by atoms with Crippen molar-refractivity contribution < 1.29 is 23.1 Å². The number of amides is 3. The van der Waals surface area contributed by atoms with Crippen LogP contribution in [0.15, 0.2) is 101 Å². The monoisotopic (exact) mass is 768 g/mol. The summed E-state index contributed by atoms with van der Waals surface area (Å²) in [4.78, 5) is 47.1. The number of carbonyl (C=O) groups excluding carboxylic acids is 2. The van der Waals surface area contributed by atoms with Gasteiger partial charge in [0, 0.05) is 44.3 Å². The van der Waals surface area contributed by atoms with Gasteiger partial charge in [-0.05, 0) is 78.1 Å². The number of nitroso groups, excluding NO2 is 1. The van der Waals surface area contributed by atoms with Crippen LogP contribution in [0.4, 0.5) is 4.79 Å². The molecule has 2 N–H and O–H groups in total. The van der Waals surface area contributed by atoms with Crippen molar-refractivity contribution in [2.24, 2.45) is 17.0 Å². The van der Waals surface area contributed by atoms with Gasteiger partial charge in [0.15, 0.2) is 0 Å². The summed E-state index contributed by atoms with van der Waals surface area (Å²) < 4.78 is 29.7. The van der Waals surface area contributed by atoms with Crippen molar-refractivity contribution >= 4 is 32.9 Å². The number of sulfonamides is 1. The molecule has 1 aliphatic heterocycles. The van der Waals surface area contributed by atoms with Gasteiger partial charge in [0.25, 0.3) is 0 Å². The summed E-state index contributed by atoms with van der Waals surface area (Å²) >= 11 is 0. The number of aromatic nitrogens is 1. The highest BCUT2D eigenvalue weighted by atomic mass is 32.2. The Labute approximate surface area is 324 Å². The zero-order chi connectivity index (χ0) is 39.0. The molecule has 1 saturated heterocycles. The molecule has 2 heterocycles. The number of fused-ring (bicyclic) bond motifs is 1. The van der Waals surface area contributed by atoms with Crippen molar-refractivity contribution in [3.8, 4) is 0 Å². The number of aliphatic hydroxyl groups is 1. The summed E-state index contributed by atoms with van der Waals surface area (Å²) in [5.41, 5.74) is 3.31. The number of benzene rings is 3. The molecule has 1 aromatic heterocycles. The highest BCUT2D eigenvalue weighted by molar-refractivity contribution is 7.89. The first kappa shape index (κ1) is 40.0. The maximum absolute atomic E-state index is 14.5. The SMILES string of the molecule is CC[C@H](C)[C@@H](C(=O)N[C@@H](Cc1ccccc1)[C@H](O)CN(CC1CCCC1)S(=O)(=O)c1ccc(CN=O)cc1)N1CCN(Cc2ccc3ncccc3c2)C1=O. The number of nitrogens with one attached hydrogen (secondary N) is 1. The second-order valence-corrected chi connectivity index (χ2v) is 17.0. The van der Waals surface area contributed by atoms with Crippen LogP contribution >= 0.6 is 0 Å². The molecule has 6 rings (SSSR count). The van der Waals surface area contributed by atoms with E-state index in [9.17, 15) is 28.0 Å². The number of hydrogen-bond acceptors (Lipinski definition) is 8. The van der Waals surface area contributed by atoms with Gasteiger partial charge in [0.1, 0.15) is 12.6 Å². The van der Waals surface area contributed by atoms with E-state index in [0.717, 1.165) is 47.7 Å². The molecule has 4 atom stereocenters.